The van der Waals surface area contributed by atoms with Crippen LogP contribution in [-0.2, 0) is 290 Å². The van der Waals surface area contributed by atoms with E-state index in [0.29, 0.717) is 46.1 Å². The van der Waals surface area contributed by atoms with Gasteiger partial charge < -0.3 is 81.7 Å². The molecule has 130 heavy (non-hydrogen) atoms. The average Bonchev–Trinajstić information content (AvgIpc) is 0.833. The van der Waals surface area contributed by atoms with Crippen molar-refractivity contribution in [1.82, 2.24) is 54.8 Å². The van der Waals surface area contributed by atoms with Gasteiger partial charge in [0.05, 0.1) is 47.9 Å². The van der Waals surface area contributed by atoms with Crippen molar-refractivity contribution < 1.29 is 325 Å². The standard InChI is InChI=1S/2C7H8ClN.C6H2BrF4N.2C6H2ClF4N.2C6H3ClF3N.4C6H6ClN.11CH3.11Ta/c1-2-6-3-4-9-5-7(6)8;1-2-6-3-4-9-7(8)5-6;2*7-5-4(8)1-3(2-12-5)6(9,10)11;7-5-4(8)3(1-2-12-5)6(9,10)11;7-5-3-11-2-1-4(5)6(8,9)10;7-5-3-4(1-2-11-5)6(8,9)10;2*1-5-2-3-8-4-6(5)7;2*1-5-2-3-8-6(7)4-5;;;;;;;;;;;;;;;;;;;;;;/h2*3-5H,2H2,1H3;3*1-2H;2*1-3H;4*2-4H,1H3;11*1H3;;;;;;;;;;;/q;;;;;;;;;;;11*-1;;;;;;;;;;;. The molecule has 0 saturated heterocycles. The summed E-state index contributed by atoms with van der Waals surface area (Å²) in [5.74, 6) is -3.73. The summed E-state index contributed by atoms with van der Waals surface area (Å²) in [5.41, 5.74) is 1.54. The second-order valence-electron chi connectivity index (χ2n) is 19.9. The van der Waals surface area contributed by atoms with E-state index in [4.69, 9.17) is 116 Å². The summed E-state index contributed by atoms with van der Waals surface area (Å²) in [6, 6.07) is 20.7. The molecular weight excluding hydrogens is 3870 g/mol. The van der Waals surface area contributed by atoms with Gasteiger partial charge in [0.2, 0.25) is 0 Å². The first-order valence-electron chi connectivity index (χ1n) is 29.1. The molecule has 11 aromatic heterocycles. The Morgan fingerprint density at radius 3 is 0.846 bits per heavy atom. The van der Waals surface area contributed by atoms with Crippen LogP contribution >= 0.6 is 132 Å². The van der Waals surface area contributed by atoms with Crippen molar-refractivity contribution in [1.29, 1.82) is 0 Å². The number of hydrogen-bond donors (Lipinski definition) is 0. The zero-order chi connectivity index (χ0) is 82.3. The van der Waals surface area contributed by atoms with Gasteiger partial charge in [0.1, 0.15) is 25.2 Å². The largest absolute Gasteiger partial charge is 0.419 e. The quantitative estimate of drug-likeness (QED) is 0.0927. The van der Waals surface area contributed by atoms with Crippen LogP contribution in [0.4, 0.5) is 79.0 Å². The molecule has 0 aromatic carbocycles. The minimum atomic E-state index is -4.73. The second-order valence-corrected chi connectivity index (χ2v) is 24.5. The second kappa shape index (κ2) is 97.4. The van der Waals surface area contributed by atoms with Crippen LogP contribution in [0.2, 0.25) is 51.0 Å². The molecule has 0 N–H and O–H groups in total. The van der Waals surface area contributed by atoms with E-state index in [1.165, 1.54) is 5.56 Å². The van der Waals surface area contributed by atoms with E-state index < -0.39 is 86.5 Å². The Kier molecular flexibility index (Phi) is 139. The van der Waals surface area contributed by atoms with Crippen molar-refractivity contribution in [2.24, 2.45) is 0 Å². The van der Waals surface area contributed by atoms with E-state index in [1.807, 2.05) is 82.3 Å². The van der Waals surface area contributed by atoms with Crippen molar-refractivity contribution in [3.63, 3.8) is 0 Å². The van der Waals surface area contributed by atoms with Gasteiger partial charge >= 0.3 is 30.9 Å². The number of rotatable bonds is 2. The predicted octanol–water partition coefficient (Wildman–Crippen LogP) is 32.0. The molecule has 0 saturated carbocycles. The Morgan fingerprint density at radius 2 is 0.600 bits per heavy atom. The van der Waals surface area contributed by atoms with Crippen molar-refractivity contribution in [3.8, 4) is 0 Å². The summed E-state index contributed by atoms with van der Waals surface area (Å²) in [7, 11) is 0. The third kappa shape index (κ3) is 83.5. The Balaban J connectivity index is -0.0000000487. The molecule has 0 fully saturated rings. The number of pyridine rings is 11. The molecule has 0 aliphatic heterocycles. The van der Waals surface area contributed by atoms with Gasteiger partial charge in [-0.15, -0.1) is 0 Å². The number of alkyl halides is 15. The minimum Gasteiger partial charge on any atom is -0.358 e. The molecule has 11 radical (unpaired) electrons. The molecule has 0 atom stereocenters. The predicted molar refractivity (Wildman–Crippen MR) is 458 cm³/mol. The van der Waals surface area contributed by atoms with E-state index in [2.05, 4.69) is 84.6 Å². The van der Waals surface area contributed by atoms with Gasteiger partial charge in [0.15, 0.2) is 27.8 Å². The fourth-order valence-electron chi connectivity index (χ4n) is 6.21. The molecular formula is C79H85BrCl10F18N11Ta11-11. The molecule has 0 aliphatic rings. The maximum atomic E-state index is 12.6. The van der Waals surface area contributed by atoms with Crippen LogP contribution in [0.15, 0.2) is 189 Å². The number of nitrogens with zero attached hydrogens (tertiary/aromatic N) is 11. The Hall–Kier alpha value is 0.913. The fraction of sp³-hybridized carbons (Fsp3) is 0.165. The van der Waals surface area contributed by atoms with Crippen LogP contribution in [0, 0.1) is 127 Å². The molecule has 11 nitrogen and oxygen atoms in total. The van der Waals surface area contributed by atoms with Crippen molar-refractivity contribution in [2.75, 3.05) is 0 Å². The van der Waals surface area contributed by atoms with Crippen LogP contribution in [0.3, 0.4) is 0 Å². The summed E-state index contributed by atoms with van der Waals surface area (Å²) < 4.78 is 216. The van der Waals surface area contributed by atoms with Crippen LogP contribution in [0.1, 0.15) is 75.0 Å². The Labute approximate surface area is 983 Å². The van der Waals surface area contributed by atoms with Gasteiger partial charge in [-0.25, -0.2) is 48.1 Å². The van der Waals surface area contributed by atoms with E-state index in [9.17, 15) is 79.0 Å². The van der Waals surface area contributed by atoms with E-state index in [1.54, 1.807) is 55.8 Å². The topological polar surface area (TPSA) is 142 Å². The third-order valence-corrected chi connectivity index (χ3v) is 15.1. The van der Waals surface area contributed by atoms with Crippen LogP contribution in [0.25, 0.3) is 0 Å². The summed E-state index contributed by atoms with van der Waals surface area (Å²) >= 11 is 57.0. The third-order valence-electron chi connectivity index (χ3n) is 11.7. The summed E-state index contributed by atoms with van der Waals surface area (Å²) in [6.45, 7) is 12.0. The normalized spacial score (nSPS) is 8.82. The first kappa shape index (κ1) is 186. The van der Waals surface area contributed by atoms with Gasteiger partial charge in [-0.2, -0.15) is 65.9 Å². The summed E-state index contributed by atoms with van der Waals surface area (Å²) in [6.07, 6.45) is -0.477. The van der Waals surface area contributed by atoms with Gasteiger partial charge in [-0.3, -0.25) is 19.9 Å². The van der Waals surface area contributed by atoms with Crippen molar-refractivity contribution in [3.05, 3.63) is 400 Å². The Morgan fingerprint density at radius 1 is 0.285 bits per heavy atom. The molecule has 11 rings (SSSR count). The zero-order valence-electron chi connectivity index (χ0n) is 71.5. The molecule has 725 valence electrons. The van der Waals surface area contributed by atoms with Crippen LogP contribution in [-0.4, -0.2) is 54.8 Å². The molecule has 0 amide bonds. The summed E-state index contributed by atoms with van der Waals surface area (Å²) in [4.78, 5) is 39.1. The molecule has 11 heterocycles. The molecule has 11 aromatic rings. The fourth-order valence-corrected chi connectivity index (χ4v) is 8.24. The zero-order valence-corrected chi connectivity index (χ0v) is 116. The number of hydrogen-bond acceptors (Lipinski definition) is 11. The maximum absolute atomic E-state index is 12.6. The molecule has 0 aliphatic carbocycles. The SMILES string of the molecule is CCc1ccnc(Cl)c1.CCc1ccncc1Cl.Cc1ccnc(Cl)c1.Cc1ccnc(Cl)c1.Cc1ccncc1Cl.Cc1ccncc1Cl.FC(F)(F)c1ccnc(Cl)c1.FC(F)(F)c1ccncc1Cl.Fc1c(C(F)(F)F)ccnc1Cl.Fc1cc(C(F)(F)F)cnc1Br.Fc1cc(C(F)(F)F)cnc1Cl.[CH3-].[CH3-].[CH3-].[CH3-].[CH3-].[CH3-].[CH3-].[CH3-].[CH3-].[CH3-].[CH3-].[Ta].[Ta].[Ta].[Ta].[Ta].[Ta].[Ta].[Ta].[Ta].[Ta].[Ta]. The smallest absolute Gasteiger partial charge is 0.358 e. The first-order valence-corrected chi connectivity index (χ1v) is 33.7. The van der Waals surface area contributed by atoms with Gasteiger partial charge in [-0.05, 0) is 181 Å². The summed E-state index contributed by atoms with van der Waals surface area (Å²) in [5, 5.41) is 2.05. The van der Waals surface area contributed by atoms with Crippen LogP contribution in [0.5, 0.6) is 0 Å². The number of aromatic nitrogens is 11. The van der Waals surface area contributed by atoms with E-state index in [0.717, 1.165) is 98.7 Å². The van der Waals surface area contributed by atoms with Crippen LogP contribution < -0.4 is 0 Å². The number of aryl methyl sites for hydroxylation is 6. The van der Waals surface area contributed by atoms with Gasteiger partial charge in [0.25, 0.3) is 0 Å². The first-order chi connectivity index (χ1) is 50.1. The molecule has 0 spiro atoms. The minimum absolute atomic E-state index is 0. The van der Waals surface area contributed by atoms with Crippen molar-refractivity contribution in [2.45, 2.75) is 85.3 Å². The molecule has 0 unspecified atom stereocenters. The Bertz CT molecular complexity index is 4330. The molecule has 51 heteroatoms. The monoisotopic (exact) mass is 3950 g/mol. The van der Waals surface area contributed by atoms with Gasteiger partial charge in [0, 0.05) is 339 Å². The van der Waals surface area contributed by atoms with E-state index >= 15 is 0 Å². The van der Waals surface area contributed by atoms with Crippen molar-refractivity contribution >= 4 is 132 Å². The maximum Gasteiger partial charge on any atom is 0.419 e. The van der Waals surface area contributed by atoms with Gasteiger partial charge in [-0.1, -0.05) is 130 Å². The van der Waals surface area contributed by atoms with E-state index in [-0.39, 0.29) is 343 Å². The average molecular weight is 3960 g/mol. The number of halogens is 29. The molecule has 0 bridgehead atoms.